The largest absolute Gasteiger partial charge is 0.489 e. The van der Waals surface area contributed by atoms with Crippen molar-refractivity contribution < 1.29 is 4.74 Å². The van der Waals surface area contributed by atoms with Crippen LogP contribution in [0.15, 0.2) is 21.1 Å². The molecule has 1 aromatic carbocycles. The summed E-state index contributed by atoms with van der Waals surface area (Å²) in [5.41, 5.74) is 1.17. The molecule has 0 amide bonds. The normalized spacial score (nSPS) is 10.9. The zero-order chi connectivity index (χ0) is 12.8. The van der Waals surface area contributed by atoms with E-state index in [9.17, 15) is 0 Å². The fourth-order valence-electron chi connectivity index (χ4n) is 1.51. The van der Waals surface area contributed by atoms with Crippen LogP contribution in [0, 0.1) is 0 Å². The molecule has 0 heterocycles. The first kappa shape index (κ1) is 15.0. The van der Waals surface area contributed by atoms with Crippen LogP contribution in [0.25, 0.3) is 0 Å². The molecular weight excluding hydrogens is 346 g/mol. The summed E-state index contributed by atoms with van der Waals surface area (Å²) in [7, 11) is 0. The smallest absolute Gasteiger partial charge is 0.138 e. The van der Waals surface area contributed by atoms with E-state index in [1.807, 2.05) is 19.9 Å². The van der Waals surface area contributed by atoms with Crippen molar-refractivity contribution in [3.05, 3.63) is 26.6 Å². The molecule has 96 valence electrons. The number of hydrogen-bond donors (Lipinski definition) is 1. The molecule has 0 aliphatic rings. The van der Waals surface area contributed by atoms with E-state index in [4.69, 9.17) is 4.74 Å². The number of ether oxygens (including phenoxy) is 1. The minimum absolute atomic E-state index is 0.178. The third-order valence-corrected chi connectivity index (χ3v) is 3.23. The van der Waals surface area contributed by atoms with E-state index in [1.54, 1.807) is 0 Å². The van der Waals surface area contributed by atoms with Gasteiger partial charge in [0.05, 0.1) is 10.6 Å². The lowest BCUT2D eigenvalue weighted by molar-refractivity contribution is 0.238. The summed E-state index contributed by atoms with van der Waals surface area (Å²) < 4.78 is 7.91. The second-order valence-electron chi connectivity index (χ2n) is 4.22. The highest BCUT2D eigenvalue weighted by Gasteiger charge is 2.11. The van der Waals surface area contributed by atoms with Crippen molar-refractivity contribution in [1.29, 1.82) is 0 Å². The second-order valence-corrected chi connectivity index (χ2v) is 5.99. The molecule has 2 nitrogen and oxygen atoms in total. The molecule has 0 aromatic heterocycles. The lowest BCUT2D eigenvalue weighted by Gasteiger charge is -2.17. The van der Waals surface area contributed by atoms with Gasteiger partial charge in [0, 0.05) is 16.6 Å². The second kappa shape index (κ2) is 7.39. The van der Waals surface area contributed by atoms with Crippen molar-refractivity contribution in [2.24, 2.45) is 0 Å². The minimum Gasteiger partial charge on any atom is -0.489 e. The molecule has 4 heteroatoms. The number of rotatable bonds is 6. The van der Waals surface area contributed by atoms with Gasteiger partial charge in [0.1, 0.15) is 5.75 Å². The van der Waals surface area contributed by atoms with Crippen LogP contribution in [-0.2, 0) is 6.54 Å². The fraction of sp³-hybridized carbons (Fsp3) is 0.538. The van der Waals surface area contributed by atoms with E-state index in [1.165, 1.54) is 5.56 Å². The lowest BCUT2D eigenvalue weighted by atomic mass is 10.2. The van der Waals surface area contributed by atoms with Gasteiger partial charge in [-0.2, -0.15) is 0 Å². The highest BCUT2D eigenvalue weighted by Crippen LogP contribution is 2.33. The summed E-state index contributed by atoms with van der Waals surface area (Å²) in [6.07, 6.45) is 1.31. The monoisotopic (exact) mass is 363 g/mol. The topological polar surface area (TPSA) is 21.3 Å². The molecule has 0 fully saturated rings. The van der Waals surface area contributed by atoms with Gasteiger partial charge in [0.25, 0.3) is 0 Å². The molecule has 0 aliphatic carbocycles. The quantitative estimate of drug-likeness (QED) is 0.750. The summed E-state index contributed by atoms with van der Waals surface area (Å²) in [5.74, 6) is 0.937. The Morgan fingerprint density at radius 3 is 2.59 bits per heavy atom. The maximum Gasteiger partial charge on any atom is 0.138 e. The number of halogens is 2. The van der Waals surface area contributed by atoms with Gasteiger partial charge in [0.15, 0.2) is 0 Å². The zero-order valence-electron chi connectivity index (χ0n) is 10.5. The molecule has 0 unspecified atom stereocenters. The molecule has 0 radical (unpaired) electrons. The Balaban J connectivity index is 2.90. The molecule has 1 N–H and O–H groups in total. The van der Waals surface area contributed by atoms with Crippen LogP contribution < -0.4 is 10.1 Å². The van der Waals surface area contributed by atoms with Gasteiger partial charge in [-0.3, -0.25) is 0 Å². The first-order valence-corrected chi connectivity index (χ1v) is 7.48. The molecule has 0 spiro atoms. The summed E-state index contributed by atoms with van der Waals surface area (Å²) in [5, 5.41) is 3.40. The highest BCUT2D eigenvalue weighted by molar-refractivity contribution is 9.11. The Morgan fingerprint density at radius 1 is 1.29 bits per heavy atom. The van der Waals surface area contributed by atoms with Gasteiger partial charge >= 0.3 is 0 Å². The predicted molar refractivity (Wildman–Crippen MR) is 79.6 cm³/mol. The number of hydrogen-bond acceptors (Lipinski definition) is 2. The maximum atomic E-state index is 5.85. The van der Waals surface area contributed by atoms with Crippen molar-refractivity contribution in [3.63, 3.8) is 0 Å². The number of nitrogens with one attached hydrogen (secondary N) is 1. The highest BCUT2D eigenvalue weighted by atomic mass is 79.9. The van der Waals surface area contributed by atoms with E-state index in [-0.39, 0.29) is 6.10 Å². The average molecular weight is 365 g/mol. The molecule has 1 aromatic rings. The Labute approximate surface area is 120 Å². The van der Waals surface area contributed by atoms with Crippen LogP contribution in [0.1, 0.15) is 32.8 Å². The first-order valence-electron chi connectivity index (χ1n) is 5.89. The molecule has 1 rings (SSSR count). The molecular formula is C13H19Br2NO. The maximum absolute atomic E-state index is 5.85. The first-order chi connectivity index (χ1) is 8.04. The summed E-state index contributed by atoms with van der Waals surface area (Å²) >= 11 is 7.06. The predicted octanol–water partition coefficient (Wildman–Crippen LogP) is 4.50. The molecule has 0 aliphatic heterocycles. The van der Waals surface area contributed by atoms with E-state index >= 15 is 0 Å². The third kappa shape index (κ3) is 4.98. The average Bonchev–Trinajstić information content (AvgIpc) is 2.23. The number of benzene rings is 1. The van der Waals surface area contributed by atoms with Gasteiger partial charge < -0.3 is 10.1 Å². The van der Waals surface area contributed by atoms with Gasteiger partial charge in [-0.15, -0.1) is 0 Å². The Morgan fingerprint density at radius 2 is 2.00 bits per heavy atom. The Bertz CT molecular complexity index is 367. The van der Waals surface area contributed by atoms with Crippen molar-refractivity contribution in [2.45, 2.75) is 39.8 Å². The Kier molecular flexibility index (Phi) is 6.52. The van der Waals surface area contributed by atoms with Crippen LogP contribution in [-0.4, -0.2) is 12.6 Å². The zero-order valence-corrected chi connectivity index (χ0v) is 13.7. The van der Waals surface area contributed by atoms with Gasteiger partial charge in [-0.05, 0) is 54.9 Å². The molecule has 0 saturated carbocycles. The van der Waals surface area contributed by atoms with Gasteiger partial charge in [-0.25, -0.2) is 0 Å². The van der Waals surface area contributed by atoms with Crippen molar-refractivity contribution in [1.82, 2.24) is 5.32 Å². The third-order valence-electron chi connectivity index (χ3n) is 2.18. The summed E-state index contributed by atoms with van der Waals surface area (Å²) in [4.78, 5) is 0. The van der Waals surface area contributed by atoms with E-state index in [2.05, 4.69) is 50.2 Å². The lowest BCUT2D eigenvalue weighted by Crippen LogP contribution is -2.16. The van der Waals surface area contributed by atoms with E-state index < -0.39 is 0 Å². The van der Waals surface area contributed by atoms with Crippen LogP contribution in [0.5, 0.6) is 5.75 Å². The fourth-order valence-corrected chi connectivity index (χ4v) is 2.92. The van der Waals surface area contributed by atoms with Crippen LogP contribution in [0.2, 0.25) is 0 Å². The van der Waals surface area contributed by atoms with E-state index in [0.29, 0.717) is 0 Å². The SMILES string of the molecule is CCCNCc1cc(Br)cc(Br)c1OC(C)C. The van der Waals surface area contributed by atoms with E-state index in [0.717, 1.165) is 34.2 Å². The molecule has 0 saturated heterocycles. The van der Waals surface area contributed by atoms with Crippen LogP contribution in [0.4, 0.5) is 0 Å². The van der Waals surface area contributed by atoms with Crippen molar-refractivity contribution in [2.75, 3.05) is 6.54 Å². The molecule has 17 heavy (non-hydrogen) atoms. The molecule has 0 bridgehead atoms. The standard InChI is InChI=1S/C13H19Br2NO/c1-4-5-16-8-10-6-11(14)7-12(15)13(10)17-9(2)3/h6-7,9,16H,4-5,8H2,1-3H3. The van der Waals surface area contributed by atoms with Crippen molar-refractivity contribution >= 4 is 31.9 Å². The van der Waals surface area contributed by atoms with Gasteiger partial charge in [-0.1, -0.05) is 22.9 Å². The summed E-state index contributed by atoms with van der Waals surface area (Å²) in [6.45, 7) is 8.09. The van der Waals surface area contributed by atoms with Crippen molar-refractivity contribution in [3.8, 4) is 5.75 Å². The summed E-state index contributed by atoms with van der Waals surface area (Å²) in [6, 6.07) is 4.12. The van der Waals surface area contributed by atoms with Crippen LogP contribution in [0.3, 0.4) is 0 Å². The van der Waals surface area contributed by atoms with Gasteiger partial charge in [0.2, 0.25) is 0 Å². The van der Waals surface area contributed by atoms with Crippen LogP contribution >= 0.6 is 31.9 Å². The molecule has 0 atom stereocenters. The minimum atomic E-state index is 0.178. The Hall–Kier alpha value is -0.0600.